The molecule has 1 aromatic heterocycles. The highest BCUT2D eigenvalue weighted by molar-refractivity contribution is 7.91. The van der Waals surface area contributed by atoms with Crippen LogP contribution in [0.4, 0.5) is 0 Å². The van der Waals surface area contributed by atoms with Gasteiger partial charge in [-0.05, 0) is 31.6 Å². The average Bonchev–Trinajstić information content (AvgIpc) is 2.91. The van der Waals surface area contributed by atoms with Crippen LogP contribution in [0.15, 0.2) is 9.72 Å². The number of hydrogen-bond acceptors (Lipinski definition) is 6. The summed E-state index contributed by atoms with van der Waals surface area (Å²) in [7, 11) is -3.98. The number of hydrogen-bond donors (Lipinski definition) is 3. The Morgan fingerprint density at radius 2 is 2.14 bits per heavy atom. The van der Waals surface area contributed by atoms with Crippen LogP contribution in [0.1, 0.15) is 43.1 Å². The summed E-state index contributed by atoms with van der Waals surface area (Å²) >= 11 is 0.747. The molecular weight excluding hydrogens is 316 g/mol. The first-order valence-corrected chi connectivity index (χ1v) is 8.99. The standard InChI is InChI=1S/C12H18N2O5S2/c1-8-2-4-12(17,5-3-8)6-14-21(18,19)11-9(10(15)16)13-7-20-11/h7-8,14,17H,2-6H2,1H3,(H,15,16). The van der Waals surface area contributed by atoms with Gasteiger partial charge in [0, 0.05) is 6.54 Å². The van der Waals surface area contributed by atoms with Crippen molar-refractivity contribution in [1.29, 1.82) is 0 Å². The van der Waals surface area contributed by atoms with Gasteiger partial charge in [-0.1, -0.05) is 6.92 Å². The van der Waals surface area contributed by atoms with E-state index < -0.39 is 27.3 Å². The Hall–Kier alpha value is -1.03. The number of nitrogens with zero attached hydrogens (tertiary/aromatic N) is 1. The van der Waals surface area contributed by atoms with Gasteiger partial charge in [0.15, 0.2) is 9.90 Å². The maximum absolute atomic E-state index is 12.2. The number of carboxylic acids is 1. The second-order valence-corrected chi connectivity index (χ2v) is 8.34. The van der Waals surface area contributed by atoms with Gasteiger partial charge in [0.1, 0.15) is 0 Å². The van der Waals surface area contributed by atoms with E-state index in [1.54, 1.807) is 0 Å². The van der Waals surface area contributed by atoms with E-state index in [-0.39, 0.29) is 10.8 Å². The van der Waals surface area contributed by atoms with Gasteiger partial charge in [0.05, 0.1) is 11.1 Å². The van der Waals surface area contributed by atoms with Gasteiger partial charge in [-0.15, -0.1) is 11.3 Å². The van der Waals surface area contributed by atoms with Crippen molar-refractivity contribution >= 4 is 27.3 Å². The van der Waals surface area contributed by atoms with Crippen LogP contribution >= 0.6 is 11.3 Å². The molecule has 0 saturated heterocycles. The lowest BCUT2D eigenvalue weighted by atomic mass is 9.80. The van der Waals surface area contributed by atoms with Crippen LogP contribution in [0.2, 0.25) is 0 Å². The first-order valence-electron chi connectivity index (χ1n) is 6.62. The molecule has 1 aliphatic rings. The summed E-state index contributed by atoms with van der Waals surface area (Å²) in [5.41, 5.74) is -0.375. The van der Waals surface area contributed by atoms with E-state index in [0.29, 0.717) is 18.8 Å². The van der Waals surface area contributed by atoms with Crippen molar-refractivity contribution in [3.8, 4) is 0 Å². The maximum atomic E-state index is 12.2. The van der Waals surface area contributed by atoms with Crippen LogP contribution in [0.5, 0.6) is 0 Å². The first-order chi connectivity index (χ1) is 9.73. The van der Waals surface area contributed by atoms with Crippen molar-refractivity contribution in [1.82, 2.24) is 9.71 Å². The number of nitrogens with one attached hydrogen (secondary N) is 1. The summed E-state index contributed by atoms with van der Waals surface area (Å²) in [6.45, 7) is 1.99. The topological polar surface area (TPSA) is 117 Å². The molecule has 3 N–H and O–H groups in total. The van der Waals surface area contributed by atoms with Crippen LogP contribution in [0.25, 0.3) is 0 Å². The monoisotopic (exact) mass is 334 g/mol. The summed E-state index contributed by atoms with van der Waals surface area (Å²) in [6, 6.07) is 0. The SMILES string of the molecule is CC1CCC(O)(CNS(=O)(=O)c2scnc2C(=O)O)CC1. The van der Waals surface area contributed by atoms with E-state index in [4.69, 9.17) is 5.11 Å². The molecule has 0 atom stereocenters. The predicted molar refractivity (Wildman–Crippen MR) is 76.8 cm³/mol. The summed E-state index contributed by atoms with van der Waals surface area (Å²) in [6.07, 6.45) is 2.76. The van der Waals surface area contributed by atoms with Crippen LogP contribution in [0.3, 0.4) is 0 Å². The third-order valence-electron chi connectivity index (χ3n) is 3.78. The van der Waals surface area contributed by atoms with Crippen LogP contribution in [-0.2, 0) is 10.0 Å². The van der Waals surface area contributed by atoms with E-state index in [0.717, 1.165) is 24.2 Å². The first kappa shape index (κ1) is 16.3. The Bertz CT molecular complexity index is 617. The Morgan fingerprint density at radius 3 is 2.71 bits per heavy atom. The van der Waals surface area contributed by atoms with Crippen molar-refractivity contribution < 1.29 is 23.4 Å². The van der Waals surface area contributed by atoms with E-state index in [1.165, 1.54) is 5.51 Å². The zero-order chi connectivity index (χ0) is 15.7. The second kappa shape index (κ2) is 5.99. The molecule has 0 unspecified atom stereocenters. The number of rotatable bonds is 5. The highest BCUT2D eigenvalue weighted by Gasteiger charge is 2.34. The van der Waals surface area contributed by atoms with Gasteiger partial charge < -0.3 is 10.2 Å². The number of aromatic carboxylic acids is 1. The molecule has 1 saturated carbocycles. The average molecular weight is 334 g/mol. The van der Waals surface area contributed by atoms with Crippen LogP contribution in [0, 0.1) is 5.92 Å². The molecule has 0 radical (unpaired) electrons. The smallest absolute Gasteiger partial charge is 0.356 e. The van der Waals surface area contributed by atoms with Gasteiger partial charge in [0.2, 0.25) is 0 Å². The molecule has 2 rings (SSSR count). The minimum atomic E-state index is -3.98. The highest BCUT2D eigenvalue weighted by atomic mass is 32.2. The number of aromatic nitrogens is 1. The highest BCUT2D eigenvalue weighted by Crippen LogP contribution is 2.31. The van der Waals surface area contributed by atoms with Gasteiger partial charge >= 0.3 is 5.97 Å². The van der Waals surface area contributed by atoms with Gasteiger partial charge in [0.25, 0.3) is 10.0 Å². The summed E-state index contributed by atoms with van der Waals surface area (Å²) < 4.78 is 26.3. The lowest BCUT2D eigenvalue weighted by Crippen LogP contribution is -2.45. The molecule has 1 aromatic rings. The molecule has 1 heterocycles. The minimum absolute atomic E-state index is 0.112. The predicted octanol–water partition coefficient (Wildman–Crippen LogP) is 1.06. The third-order valence-corrected chi connectivity index (χ3v) is 6.55. The lowest BCUT2D eigenvalue weighted by molar-refractivity contribution is -0.00182. The van der Waals surface area contributed by atoms with Gasteiger partial charge in [-0.3, -0.25) is 0 Å². The van der Waals surface area contributed by atoms with Crippen molar-refractivity contribution in [3.05, 3.63) is 11.2 Å². The largest absolute Gasteiger partial charge is 0.476 e. The van der Waals surface area contributed by atoms with Crippen LogP contribution < -0.4 is 4.72 Å². The van der Waals surface area contributed by atoms with Crippen LogP contribution in [-0.4, -0.2) is 41.7 Å². The van der Waals surface area contributed by atoms with E-state index in [1.807, 2.05) is 0 Å². The maximum Gasteiger partial charge on any atom is 0.356 e. The number of carbonyl (C=O) groups is 1. The molecule has 1 aliphatic carbocycles. The fourth-order valence-corrected chi connectivity index (χ4v) is 4.64. The normalized spacial score (nSPS) is 26.7. The zero-order valence-electron chi connectivity index (χ0n) is 11.6. The number of aliphatic hydroxyl groups is 1. The molecule has 0 amide bonds. The quantitative estimate of drug-likeness (QED) is 0.741. The second-order valence-electron chi connectivity index (χ2n) is 5.52. The Morgan fingerprint density at radius 1 is 1.52 bits per heavy atom. The molecule has 0 aliphatic heterocycles. The number of sulfonamides is 1. The summed E-state index contributed by atoms with van der Waals surface area (Å²) in [5, 5.41) is 19.3. The summed E-state index contributed by atoms with van der Waals surface area (Å²) in [4.78, 5) is 14.5. The molecule has 0 bridgehead atoms. The molecule has 21 heavy (non-hydrogen) atoms. The van der Waals surface area contributed by atoms with Crippen molar-refractivity contribution in [3.63, 3.8) is 0 Å². The molecule has 1 fully saturated rings. The van der Waals surface area contributed by atoms with E-state index in [2.05, 4.69) is 16.6 Å². The van der Waals surface area contributed by atoms with Gasteiger partial charge in [-0.25, -0.2) is 22.9 Å². The van der Waals surface area contributed by atoms with Gasteiger partial charge in [-0.2, -0.15) is 0 Å². The molecule has 0 spiro atoms. The Labute approximate surface area is 127 Å². The molecule has 9 heteroatoms. The molecule has 118 valence electrons. The third kappa shape index (κ3) is 3.79. The Kier molecular flexibility index (Phi) is 4.66. The molecule has 0 aromatic carbocycles. The summed E-state index contributed by atoms with van der Waals surface area (Å²) in [5.74, 6) is -0.858. The lowest BCUT2D eigenvalue weighted by Gasteiger charge is -2.34. The minimum Gasteiger partial charge on any atom is -0.476 e. The van der Waals surface area contributed by atoms with E-state index >= 15 is 0 Å². The number of thiazole rings is 1. The van der Waals surface area contributed by atoms with Crippen molar-refractivity contribution in [2.45, 2.75) is 42.4 Å². The number of carboxylic acid groups (broad SMARTS) is 1. The van der Waals surface area contributed by atoms with Crippen molar-refractivity contribution in [2.75, 3.05) is 6.54 Å². The zero-order valence-corrected chi connectivity index (χ0v) is 13.2. The fourth-order valence-electron chi connectivity index (χ4n) is 2.34. The molecule has 7 nitrogen and oxygen atoms in total. The van der Waals surface area contributed by atoms with E-state index in [9.17, 15) is 18.3 Å². The Balaban J connectivity index is 2.08. The van der Waals surface area contributed by atoms with Crippen molar-refractivity contribution in [2.24, 2.45) is 5.92 Å². The molecular formula is C12H18N2O5S2. The fraction of sp³-hybridized carbons (Fsp3) is 0.667.